The van der Waals surface area contributed by atoms with Gasteiger partial charge in [-0.25, -0.2) is 14.8 Å². The molecular weight excluding hydrogens is 308 g/mol. The molecule has 2 heterocycles. The predicted molar refractivity (Wildman–Crippen MR) is 88.5 cm³/mol. The summed E-state index contributed by atoms with van der Waals surface area (Å²) in [6.45, 7) is 1.50. The molecule has 0 aliphatic carbocycles. The van der Waals surface area contributed by atoms with Gasteiger partial charge >= 0.3 is 5.97 Å². The molecular formula is C17H16N4O3. The van der Waals surface area contributed by atoms with E-state index < -0.39 is 18.0 Å². The lowest BCUT2D eigenvalue weighted by atomic mass is 10.2. The second-order valence-corrected chi connectivity index (χ2v) is 5.26. The molecule has 2 aromatic heterocycles. The van der Waals surface area contributed by atoms with Crippen LogP contribution >= 0.6 is 0 Å². The number of amides is 1. The van der Waals surface area contributed by atoms with Gasteiger partial charge in [0.25, 0.3) is 5.91 Å². The third kappa shape index (κ3) is 3.10. The molecule has 1 atom stereocenters. The van der Waals surface area contributed by atoms with Crippen molar-refractivity contribution in [2.75, 3.05) is 5.32 Å². The maximum atomic E-state index is 12.3. The minimum absolute atomic E-state index is 0.162. The average molecular weight is 324 g/mol. The Morgan fingerprint density at radius 2 is 1.88 bits per heavy atom. The van der Waals surface area contributed by atoms with Crippen molar-refractivity contribution in [2.45, 2.75) is 13.0 Å². The van der Waals surface area contributed by atoms with Gasteiger partial charge in [0.05, 0.1) is 0 Å². The van der Waals surface area contributed by atoms with Crippen molar-refractivity contribution in [3.8, 4) is 0 Å². The van der Waals surface area contributed by atoms with Gasteiger partial charge in [-0.1, -0.05) is 18.2 Å². The van der Waals surface area contributed by atoms with Crippen LogP contribution in [-0.2, 0) is 16.6 Å². The van der Waals surface area contributed by atoms with Crippen molar-refractivity contribution in [1.82, 2.24) is 14.5 Å². The van der Waals surface area contributed by atoms with Gasteiger partial charge in [0.2, 0.25) is 5.95 Å². The smallest absolute Gasteiger partial charge is 0.355 e. The minimum Gasteiger partial charge on any atom is -0.448 e. The number of carbonyl (C=O) groups is 2. The molecule has 0 aliphatic heterocycles. The standard InChI is InChI=1S/C17H16N4O3/c1-11(15(22)20-17-18-8-5-9-19-17)24-16(23)14-10-12-6-3-4-7-13(12)21(14)2/h3-11H,1-2H3,(H,18,19,20,22). The van der Waals surface area contributed by atoms with Gasteiger partial charge < -0.3 is 9.30 Å². The molecule has 1 amide bonds. The van der Waals surface area contributed by atoms with Crippen molar-refractivity contribution in [3.63, 3.8) is 0 Å². The number of aromatic nitrogens is 3. The van der Waals surface area contributed by atoms with Crippen LogP contribution in [0.3, 0.4) is 0 Å². The molecule has 3 rings (SSSR count). The highest BCUT2D eigenvalue weighted by Gasteiger charge is 2.22. The monoisotopic (exact) mass is 324 g/mol. The van der Waals surface area contributed by atoms with Crippen LogP contribution in [-0.4, -0.2) is 32.5 Å². The lowest BCUT2D eigenvalue weighted by molar-refractivity contribution is -0.123. The number of hydrogen-bond donors (Lipinski definition) is 1. The molecule has 0 radical (unpaired) electrons. The number of carbonyl (C=O) groups excluding carboxylic acids is 2. The van der Waals surface area contributed by atoms with Crippen LogP contribution in [0, 0.1) is 0 Å². The lowest BCUT2D eigenvalue weighted by Crippen LogP contribution is -2.31. The number of ether oxygens (including phenoxy) is 1. The van der Waals surface area contributed by atoms with E-state index in [1.807, 2.05) is 24.3 Å². The Hall–Kier alpha value is -3.22. The zero-order chi connectivity index (χ0) is 17.1. The molecule has 0 fully saturated rings. The van der Waals surface area contributed by atoms with E-state index in [9.17, 15) is 9.59 Å². The summed E-state index contributed by atoms with van der Waals surface area (Å²) >= 11 is 0. The fourth-order valence-electron chi connectivity index (χ4n) is 2.33. The summed E-state index contributed by atoms with van der Waals surface area (Å²) in [6.07, 6.45) is 2.04. The lowest BCUT2D eigenvalue weighted by Gasteiger charge is -2.13. The van der Waals surface area contributed by atoms with Crippen LogP contribution in [0.4, 0.5) is 5.95 Å². The topological polar surface area (TPSA) is 86.1 Å². The quantitative estimate of drug-likeness (QED) is 0.743. The van der Waals surface area contributed by atoms with Gasteiger partial charge in [0.15, 0.2) is 6.10 Å². The zero-order valence-electron chi connectivity index (χ0n) is 13.3. The number of benzene rings is 1. The van der Waals surface area contributed by atoms with Crippen molar-refractivity contribution in [2.24, 2.45) is 7.05 Å². The predicted octanol–water partition coefficient (Wildman–Crippen LogP) is 2.15. The van der Waals surface area contributed by atoms with E-state index in [-0.39, 0.29) is 5.95 Å². The van der Waals surface area contributed by atoms with Gasteiger partial charge in [-0.15, -0.1) is 0 Å². The van der Waals surface area contributed by atoms with E-state index in [2.05, 4.69) is 15.3 Å². The summed E-state index contributed by atoms with van der Waals surface area (Å²) in [6, 6.07) is 11.0. The highest BCUT2D eigenvalue weighted by molar-refractivity contribution is 5.98. The molecule has 1 unspecified atom stereocenters. The number of hydrogen-bond acceptors (Lipinski definition) is 5. The fourth-order valence-corrected chi connectivity index (χ4v) is 2.33. The number of para-hydroxylation sites is 1. The molecule has 1 aromatic carbocycles. The maximum absolute atomic E-state index is 12.3. The third-order valence-corrected chi connectivity index (χ3v) is 3.61. The fraction of sp³-hybridized carbons (Fsp3) is 0.176. The van der Waals surface area contributed by atoms with E-state index in [4.69, 9.17) is 4.74 Å². The maximum Gasteiger partial charge on any atom is 0.355 e. The van der Waals surface area contributed by atoms with Crippen molar-refractivity contribution in [1.29, 1.82) is 0 Å². The van der Waals surface area contributed by atoms with Crippen LogP contribution in [0.2, 0.25) is 0 Å². The van der Waals surface area contributed by atoms with Gasteiger partial charge in [-0.2, -0.15) is 0 Å². The first-order chi connectivity index (χ1) is 11.6. The van der Waals surface area contributed by atoms with Crippen LogP contribution in [0.25, 0.3) is 10.9 Å². The normalized spacial score (nSPS) is 11.9. The van der Waals surface area contributed by atoms with E-state index in [0.717, 1.165) is 10.9 Å². The first kappa shape index (κ1) is 15.7. The van der Waals surface area contributed by atoms with Crippen LogP contribution in [0.5, 0.6) is 0 Å². The molecule has 7 nitrogen and oxygen atoms in total. The molecule has 1 N–H and O–H groups in total. The Bertz CT molecular complexity index is 889. The second-order valence-electron chi connectivity index (χ2n) is 5.26. The highest BCUT2D eigenvalue weighted by atomic mass is 16.5. The largest absolute Gasteiger partial charge is 0.448 e. The molecule has 24 heavy (non-hydrogen) atoms. The van der Waals surface area contributed by atoms with E-state index in [1.165, 1.54) is 19.3 Å². The number of esters is 1. The summed E-state index contributed by atoms with van der Waals surface area (Å²) in [5.74, 6) is -0.895. The number of fused-ring (bicyclic) bond motifs is 1. The zero-order valence-corrected chi connectivity index (χ0v) is 13.3. The second kappa shape index (κ2) is 6.49. The number of nitrogens with one attached hydrogen (secondary N) is 1. The van der Waals surface area contributed by atoms with Crippen molar-refractivity contribution < 1.29 is 14.3 Å². The van der Waals surface area contributed by atoms with Crippen molar-refractivity contribution >= 4 is 28.7 Å². The Labute approximate surface area is 138 Å². The van der Waals surface area contributed by atoms with E-state index >= 15 is 0 Å². The number of rotatable bonds is 4. The molecule has 0 aliphatic rings. The summed E-state index contributed by atoms with van der Waals surface area (Å²) in [5, 5.41) is 3.43. The third-order valence-electron chi connectivity index (χ3n) is 3.61. The Morgan fingerprint density at radius 3 is 2.58 bits per heavy atom. The van der Waals surface area contributed by atoms with Gasteiger partial charge in [0, 0.05) is 30.3 Å². The molecule has 7 heteroatoms. The molecule has 3 aromatic rings. The Balaban J connectivity index is 1.71. The van der Waals surface area contributed by atoms with E-state index in [1.54, 1.807) is 23.7 Å². The van der Waals surface area contributed by atoms with Crippen LogP contribution in [0.15, 0.2) is 48.8 Å². The van der Waals surface area contributed by atoms with Crippen LogP contribution in [0.1, 0.15) is 17.4 Å². The summed E-state index contributed by atoms with van der Waals surface area (Å²) in [5.41, 5.74) is 1.30. The first-order valence-electron chi connectivity index (χ1n) is 7.39. The minimum atomic E-state index is -0.973. The summed E-state index contributed by atoms with van der Waals surface area (Å²) in [7, 11) is 1.78. The summed E-state index contributed by atoms with van der Waals surface area (Å²) < 4.78 is 6.99. The van der Waals surface area contributed by atoms with Gasteiger partial charge in [0.1, 0.15) is 5.69 Å². The summed E-state index contributed by atoms with van der Waals surface area (Å²) in [4.78, 5) is 32.2. The van der Waals surface area contributed by atoms with Crippen LogP contribution < -0.4 is 5.32 Å². The number of aryl methyl sites for hydroxylation is 1. The number of nitrogens with zero attached hydrogens (tertiary/aromatic N) is 3. The molecule has 0 saturated carbocycles. The molecule has 0 saturated heterocycles. The SMILES string of the molecule is CC(OC(=O)c1cc2ccccc2n1C)C(=O)Nc1ncccn1. The van der Waals surface area contributed by atoms with Gasteiger partial charge in [-0.3, -0.25) is 10.1 Å². The Kier molecular flexibility index (Phi) is 4.24. The van der Waals surface area contributed by atoms with E-state index in [0.29, 0.717) is 5.69 Å². The van der Waals surface area contributed by atoms with Crippen molar-refractivity contribution in [3.05, 3.63) is 54.5 Å². The molecule has 0 bridgehead atoms. The average Bonchev–Trinajstić information content (AvgIpc) is 2.93. The molecule has 122 valence electrons. The van der Waals surface area contributed by atoms with Gasteiger partial charge in [-0.05, 0) is 25.1 Å². The molecule has 0 spiro atoms. The first-order valence-corrected chi connectivity index (χ1v) is 7.39. The number of anilines is 1. The Morgan fingerprint density at radius 1 is 1.17 bits per heavy atom. The highest BCUT2D eigenvalue weighted by Crippen LogP contribution is 2.19.